The van der Waals surface area contributed by atoms with Crippen molar-refractivity contribution in [2.45, 2.75) is 0 Å². The van der Waals surface area contributed by atoms with Gasteiger partial charge in [0.25, 0.3) is 0 Å². The number of carbonyl (C=O) groups excluding carboxylic acids is 1. The van der Waals surface area contributed by atoms with Gasteiger partial charge in [0.1, 0.15) is 5.75 Å². The van der Waals surface area contributed by atoms with Crippen LogP contribution in [0.3, 0.4) is 0 Å². The number of halogens is 1. The number of ether oxygens (including phenoxy) is 1. The molecule has 6 heteroatoms. The molecule has 21 heavy (non-hydrogen) atoms. The number of nitrogens with one attached hydrogen (secondary N) is 2. The Hall–Kier alpha value is -2.53. The third kappa shape index (κ3) is 4.81. The summed E-state index contributed by atoms with van der Waals surface area (Å²) >= 11 is 5.83. The van der Waals surface area contributed by atoms with Crippen LogP contribution in [0.4, 0.5) is 10.5 Å². The van der Waals surface area contributed by atoms with Gasteiger partial charge >= 0.3 is 6.03 Å². The van der Waals surface area contributed by atoms with Gasteiger partial charge in [-0.1, -0.05) is 17.7 Å². The topological polar surface area (TPSA) is 62.7 Å². The number of hydrogen-bond donors (Lipinski definition) is 2. The van der Waals surface area contributed by atoms with Crippen molar-refractivity contribution in [1.29, 1.82) is 0 Å². The lowest BCUT2D eigenvalue weighted by molar-refractivity contribution is 0.252. The Bertz CT molecular complexity index is 642. The van der Waals surface area contributed by atoms with Crippen molar-refractivity contribution in [3.8, 4) is 5.75 Å². The second-order valence-electron chi connectivity index (χ2n) is 4.11. The maximum absolute atomic E-state index is 11.6. The van der Waals surface area contributed by atoms with Crippen molar-refractivity contribution in [1.82, 2.24) is 5.43 Å². The number of anilines is 1. The van der Waals surface area contributed by atoms with Crippen molar-refractivity contribution >= 4 is 29.5 Å². The van der Waals surface area contributed by atoms with Crippen LogP contribution in [0, 0.1) is 0 Å². The van der Waals surface area contributed by atoms with Crippen LogP contribution in [0.5, 0.6) is 5.75 Å². The molecule has 5 nitrogen and oxygen atoms in total. The Morgan fingerprint density at radius 3 is 2.67 bits per heavy atom. The molecule has 0 saturated heterocycles. The highest BCUT2D eigenvalue weighted by atomic mass is 35.5. The Labute approximate surface area is 127 Å². The van der Waals surface area contributed by atoms with Crippen molar-refractivity contribution in [2.75, 3.05) is 12.4 Å². The van der Waals surface area contributed by atoms with Crippen LogP contribution in [0.1, 0.15) is 5.56 Å². The van der Waals surface area contributed by atoms with E-state index < -0.39 is 6.03 Å². The average Bonchev–Trinajstić information content (AvgIpc) is 2.48. The lowest BCUT2D eigenvalue weighted by atomic mass is 10.2. The lowest BCUT2D eigenvalue weighted by Gasteiger charge is -2.04. The first-order valence-corrected chi connectivity index (χ1v) is 6.55. The molecule has 2 amide bonds. The molecule has 2 rings (SSSR count). The normalized spacial score (nSPS) is 10.4. The van der Waals surface area contributed by atoms with Crippen LogP contribution in [-0.4, -0.2) is 19.4 Å². The minimum absolute atomic E-state index is 0.443. The molecule has 0 unspecified atom stereocenters. The standard InChI is InChI=1S/C15H14ClN3O2/c1-21-14-7-5-11(6-8-14)10-17-19-15(20)18-13-4-2-3-12(16)9-13/h2-10H,1H3,(H2,18,19,20)/b17-10-. The number of methoxy groups -OCH3 is 1. The van der Waals surface area contributed by atoms with E-state index in [-0.39, 0.29) is 0 Å². The quantitative estimate of drug-likeness (QED) is 0.670. The van der Waals surface area contributed by atoms with E-state index in [4.69, 9.17) is 16.3 Å². The molecule has 0 heterocycles. The largest absolute Gasteiger partial charge is 0.497 e. The maximum Gasteiger partial charge on any atom is 0.339 e. The zero-order chi connectivity index (χ0) is 15.1. The van der Waals surface area contributed by atoms with Crippen LogP contribution < -0.4 is 15.5 Å². The highest BCUT2D eigenvalue weighted by Crippen LogP contribution is 2.14. The number of benzene rings is 2. The number of nitrogens with zero attached hydrogens (tertiary/aromatic N) is 1. The molecular formula is C15H14ClN3O2. The van der Waals surface area contributed by atoms with E-state index in [1.54, 1.807) is 31.4 Å². The fourth-order valence-corrected chi connectivity index (χ4v) is 1.77. The Balaban J connectivity index is 1.86. The average molecular weight is 304 g/mol. The fourth-order valence-electron chi connectivity index (χ4n) is 1.58. The van der Waals surface area contributed by atoms with Gasteiger partial charge in [-0.05, 0) is 48.0 Å². The molecule has 0 aromatic heterocycles. The van der Waals surface area contributed by atoms with E-state index in [0.717, 1.165) is 11.3 Å². The molecule has 108 valence electrons. The molecule has 0 aliphatic heterocycles. The summed E-state index contributed by atoms with van der Waals surface area (Å²) in [6.45, 7) is 0. The Morgan fingerprint density at radius 2 is 2.00 bits per heavy atom. The predicted molar refractivity (Wildman–Crippen MR) is 84.2 cm³/mol. The maximum atomic E-state index is 11.6. The van der Waals surface area contributed by atoms with Gasteiger partial charge in [-0.2, -0.15) is 5.10 Å². The summed E-state index contributed by atoms with van der Waals surface area (Å²) in [6.07, 6.45) is 1.54. The van der Waals surface area contributed by atoms with Crippen molar-refractivity contribution in [3.05, 3.63) is 59.1 Å². The van der Waals surface area contributed by atoms with Crippen LogP contribution in [-0.2, 0) is 0 Å². The van der Waals surface area contributed by atoms with Gasteiger partial charge < -0.3 is 10.1 Å². The Kier molecular flexibility index (Phi) is 5.17. The van der Waals surface area contributed by atoms with Gasteiger partial charge in [0.05, 0.1) is 13.3 Å². The second-order valence-corrected chi connectivity index (χ2v) is 4.54. The number of urea groups is 1. The molecule has 0 spiro atoms. The molecular weight excluding hydrogens is 290 g/mol. The number of carbonyl (C=O) groups is 1. The molecule has 0 fully saturated rings. The number of hydrazone groups is 1. The summed E-state index contributed by atoms with van der Waals surface area (Å²) in [4.78, 5) is 11.6. The first-order chi connectivity index (χ1) is 10.2. The Morgan fingerprint density at radius 1 is 1.24 bits per heavy atom. The van der Waals surface area contributed by atoms with E-state index in [1.165, 1.54) is 6.21 Å². The predicted octanol–water partition coefficient (Wildman–Crippen LogP) is 3.50. The molecule has 0 atom stereocenters. The van der Waals surface area contributed by atoms with Crippen LogP contribution in [0.25, 0.3) is 0 Å². The summed E-state index contributed by atoms with van der Waals surface area (Å²) in [5.74, 6) is 0.763. The van der Waals surface area contributed by atoms with Gasteiger partial charge in [0.2, 0.25) is 0 Å². The van der Waals surface area contributed by atoms with E-state index in [9.17, 15) is 4.79 Å². The SMILES string of the molecule is COc1ccc(/C=N\NC(=O)Nc2cccc(Cl)c2)cc1. The van der Waals surface area contributed by atoms with E-state index >= 15 is 0 Å². The summed E-state index contributed by atoms with van der Waals surface area (Å²) in [5.41, 5.74) is 3.82. The van der Waals surface area contributed by atoms with Gasteiger partial charge in [0.15, 0.2) is 0 Å². The van der Waals surface area contributed by atoms with Gasteiger partial charge in [0, 0.05) is 10.7 Å². The summed E-state index contributed by atoms with van der Waals surface area (Å²) in [6, 6.07) is 13.7. The summed E-state index contributed by atoms with van der Waals surface area (Å²) in [5, 5.41) is 7.02. The zero-order valence-corrected chi connectivity index (χ0v) is 12.1. The molecule has 0 aliphatic rings. The molecule has 0 bridgehead atoms. The zero-order valence-electron chi connectivity index (χ0n) is 11.3. The third-order valence-corrected chi connectivity index (χ3v) is 2.81. The van der Waals surface area contributed by atoms with Crippen molar-refractivity contribution in [2.24, 2.45) is 5.10 Å². The monoisotopic (exact) mass is 303 g/mol. The van der Waals surface area contributed by atoms with Crippen molar-refractivity contribution < 1.29 is 9.53 Å². The summed E-state index contributed by atoms with van der Waals surface area (Å²) in [7, 11) is 1.60. The highest BCUT2D eigenvalue weighted by Gasteiger charge is 2.00. The number of amides is 2. The molecule has 2 aromatic rings. The first kappa shape index (κ1) is 14.9. The highest BCUT2D eigenvalue weighted by molar-refractivity contribution is 6.30. The van der Waals surface area contributed by atoms with Crippen LogP contribution in [0.15, 0.2) is 53.6 Å². The number of rotatable bonds is 4. The van der Waals surface area contributed by atoms with Gasteiger partial charge in [-0.15, -0.1) is 0 Å². The molecule has 0 saturated carbocycles. The minimum Gasteiger partial charge on any atom is -0.497 e. The fraction of sp³-hybridized carbons (Fsp3) is 0.0667. The first-order valence-electron chi connectivity index (χ1n) is 6.17. The second kappa shape index (κ2) is 7.31. The van der Waals surface area contributed by atoms with Crippen LogP contribution >= 0.6 is 11.6 Å². The summed E-state index contributed by atoms with van der Waals surface area (Å²) < 4.78 is 5.05. The molecule has 0 radical (unpaired) electrons. The molecule has 2 N–H and O–H groups in total. The molecule has 2 aromatic carbocycles. The van der Waals surface area contributed by atoms with Crippen molar-refractivity contribution in [3.63, 3.8) is 0 Å². The third-order valence-electron chi connectivity index (χ3n) is 2.58. The van der Waals surface area contributed by atoms with Gasteiger partial charge in [-0.25, -0.2) is 10.2 Å². The number of hydrogen-bond acceptors (Lipinski definition) is 3. The van der Waals surface area contributed by atoms with Gasteiger partial charge in [-0.3, -0.25) is 0 Å². The van der Waals surface area contributed by atoms with E-state index in [1.807, 2.05) is 24.3 Å². The minimum atomic E-state index is -0.443. The smallest absolute Gasteiger partial charge is 0.339 e. The van der Waals surface area contributed by atoms with E-state index in [2.05, 4.69) is 15.8 Å². The van der Waals surface area contributed by atoms with Crippen LogP contribution in [0.2, 0.25) is 5.02 Å². The van der Waals surface area contributed by atoms with E-state index in [0.29, 0.717) is 10.7 Å². The lowest BCUT2D eigenvalue weighted by Crippen LogP contribution is -2.24. The molecule has 0 aliphatic carbocycles.